The van der Waals surface area contributed by atoms with E-state index in [-0.39, 0.29) is 12.5 Å². The third-order valence-electron chi connectivity index (χ3n) is 2.43. The first-order chi connectivity index (χ1) is 9.01. The molecular formula is C14H18N2O3. The second kappa shape index (κ2) is 7.33. The topological polar surface area (TPSA) is 69.6 Å². The van der Waals surface area contributed by atoms with Crippen LogP contribution in [0, 0.1) is 0 Å². The van der Waals surface area contributed by atoms with Crippen molar-refractivity contribution >= 4 is 17.6 Å². The maximum absolute atomic E-state index is 10.9. The Morgan fingerprint density at radius 1 is 1.37 bits per heavy atom. The van der Waals surface area contributed by atoms with Crippen molar-refractivity contribution in [2.24, 2.45) is 0 Å². The summed E-state index contributed by atoms with van der Waals surface area (Å²) in [6, 6.07) is 7.32. The highest BCUT2D eigenvalue weighted by Crippen LogP contribution is 2.11. The second-order valence-electron chi connectivity index (χ2n) is 4.23. The predicted molar refractivity (Wildman–Crippen MR) is 73.9 cm³/mol. The Hall–Kier alpha value is -2.14. The molecule has 1 rings (SSSR count). The van der Waals surface area contributed by atoms with Crippen LogP contribution in [0.5, 0.6) is 0 Å². The molecule has 5 heteroatoms. The van der Waals surface area contributed by atoms with Crippen molar-refractivity contribution in [3.8, 4) is 0 Å². The minimum absolute atomic E-state index is 0.0283. The third kappa shape index (κ3) is 5.83. The number of hydrogen-bond acceptors (Lipinski definition) is 3. The number of nitrogens with zero attached hydrogens (tertiary/aromatic N) is 1. The van der Waals surface area contributed by atoms with Gasteiger partial charge < -0.3 is 10.4 Å². The molecule has 1 amide bonds. The lowest BCUT2D eigenvalue weighted by Crippen LogP contribution is -2.29. The lowest BCUT2D eigenvalue weighted by atomic mass is 10.2. The first-order valence-corrected chi connectivity index (χ1v) is 5.93. The second-order valence-corrected chi connectivity index (χ2v) is 4.23. The lowest BCUT2D eigenvalue weighted by molar-refractivity contribution is -0.138. The van der Waals surface area contributed by atoms with Gasteiger partial charge in [-0.3, -0.25) is 14.5 Å². The highest BCUT2D eigenvalue weighted by atomic mass is 16.4. The zero-order valence-electron chi connectivity index (χ0n) is 10.9. The summed E-state index contributed by atoms with van der Waals surface area (Å²) in [6.07, 6.45) is 1.68. The third-order valence-corrected chi connectivity index (χ3v) is 2.43. The highest BCUT2D eigenvalue weighted by Gasteiger charge is 2.08. The number of hydrogen-bond donors (Lipinski definition) is 2. The number of anilines is 1. The van der Waals surface area contributed by atoms with E-state index in [4.69, 9.17) is 5.11 Å². The summed E-state index contributed by atoms with van der Waals surface area (Å²) in [5, 5.41) is 11.5. The molecule has 5 nitrogen and oxygen atoms in total. The summed E-state index contributed by atoms with van der Waals surface area (Å²) in [7, 11) is 0. The highest BCUT2D eigenvalue weighted by molar-refractivity contribution is 5.88. The fourth-order valence-corrected chi connectivity index (χ4v) is 1.71. The normalized spacial score (nSPS) is 10.2. The summed E-state index contributed by atoms with van der Waals surface area (Å²) < 4.78 is 0. The van der Waals surface area contributed by atoms with Crippen molar-refractivity contribution in [3.05, 3.63) is 42.5 Å². The number of carboxylic acid groups (broad SMARTS) is 1. The van der Waals surface area contributed by atoms with Gasteiger partial charge in [0.15, 0.2) is 0 Å². The van der Waals surface area contributed by atoms with E-state index in [1.807, 2.05) is 12.1 Å². The van der Waals surface area contributed by atoms with Crippen molar-refractivity contribution in [1.29, 1.82) is 0 Å². The van der Waals surface area contributed by atoms with Crippen molar-refractivity contribution in [2.45, 2.75) is 13.5 Å². The Labute approximate surface area is 112 Å². The largest absolute Gasteiger partial charge is 0.480 e. The summed E-state index contributed by atoms with van der Waals surface area (Å²) >= 11 is 0. The quantitative estimate of drug-likeness (QED) is 0.734. The molecule has 0 spiro atoms. The zero-order chi connectivity index (χ0) is 14.3. The molecule has 1 aromatic carbocycles. The lowest BCUT2D eigenvalue weighted by Gasteiger charge is -2.18. The first-order valence-electron chi connectivity index (χ1n) is 5.93. The number of nitrogens with one attached hydrogen (secondary N) is 1. The molecule has 0 saturated carbocycles. The van der Waals surface area contributed by atoms with Gasteiger partial charge in [0.2, 0.25) is 5.91 Å². The average molecular weight is 262 g/mol. The zero-order valence-corrected chi connectivity index (χ0v) is 10.9. The van der Waals surface area contributed by atoms with Crippen molar-refractivity contribution < 1.29 is 14.7 Å². The molecule has 0 atom stereocenters. The number of carbonyl (C=O) groups excluding carboxylic acids is 1. The van der Waals surface area contributed by atoms with Gasteiger partial charge >= 0.3 is 5.97 Å². The van der Waals surface area contributed by atoms with E-state index in [9.17, 15) is 9.59 Å². The number of rotatable bonds is 7. The smallest absolute Gasteiger partial charge is 0.317 e. The standard InChI is InChI=1S/C14H18N2O3/c1-3-8-16(10-14(18)19)9-12-4-6-13(7-5-12)15-11(2)17/h3-7H,1,8-10H2,2H3,(H,15,17)(H,18,19). The minimum Gasteiger partial charge on any atom is -0.480 e. The van der Waals surface area contributed by atoms with Crippen LogP contribution >= 0.6 is 0 Å². The molecule has 0 bridgehead atoms. The number of carboxylic acids is 1. The van der Waals surface area contributed by atoms with Crippen LogP contribution in [0.2, 0.25) is 0 Å². The Morgan fingerprint density at radius 3 is 2.47 bits per heavy atom. The predicted octanol–water partition coefficient (Wildman–Crippen LogP) is 1.72. The Kier molecular flexibility index (Phi) is 5.75. The monoisotopic (exact) mass is 262 g/mol. The van der Waals surface area contributed by atoms with E-state index in [0.717, 1.165) is 11.3 Å². The van der Waals surface area contributed by atoms with Crippen LogP contribution in [0.4, 0.5) is 5.69 Å². The van der Waals surface area contributed by atoms with Gasteiger partial charge in [-0.1, -0.05) is 18.2 Å². The fraction of sp³-hybridized carbons (Fsp3) is 0.286. The fourth-order valence-electron chi connectivity index (χ4n) is 1.71. The van der Waals surface area contributed by atoms with E-state index in [2.05, 4.69) is 11.9 Å². The first kappa shape index (κ1) is 14.9. The molecule has 0 heterocycles. The van der Waals surface area contributed by atoms with Gasteiger partial charge in [-0.2, -0.15) is 0 Å². The molecule has 0 aliphatic heterocycles. The maximum Gasteiger partial charge on any atom is 0.317 e. The maximum atomic E-state index is 10.9. The Morgan fingerprint density at radius 2 is 2.00 bits per heavy atom. The van der Waals surface area contributed by atoms with Gasteiger partial charge in [0.25, 0.3) is 0 Å². The van der Waals surface area contributed by atoms with Crippen LogP contribution in [0.1, 0.15) is 12.5 Å². The van der Waals surface area contributed by atoms with Crippen LogP contribution in [0.15, 0.2) is 36.9 Å². The summed E-state index contributed by atoms with van der Waals surface area (Å²) in [4.78, 5) is 23.4. The molecule has 0 aliphatic carbocycles. The molecule has 0 aromatic heterocycles. The number of amides is 1. The van der Waals surface area contributed by atoms with Crippen LogP contribution in [0.3, 0.4) is 0 Å². The van der Waals surface area contributed by atoms with Crippen LogP contribution in [0.25, 0.3) is 0 Å². The van der Waals surface area contributed by atoms with E-state index in [1.165, 1.54) is 6.92 Å². The molecule has 2 N–H and O–H groups in total. The van der Waals surface area contributed by atoms with Gasteiger partial charge in [0.1, 0.15) is 0 Å². The number of benzene rings is 1. The van der Waals surface area contributed by atoms with Gasteiger partial charge in [-0.15, -0.1) is 6.58 Å². The molecule has 0 saturated heterocycles. The molecule has 19 heavy (non-hydrogen) atoms. The number of aliphatic carboxylic acids is 1. The summed E-state index contributed by atoms with van der Waals surface area (Å²) in [6.45, 7) is 6.08. The van der Waals surface area contributed by atoms with Gasteiger partial charge in [0, 0.05) is 25.7 Å². The molecule has 0 fully saturated rings. The van der Waals surface area contributed by atoms with Crippen LogP contribution in [-0.4, -0.2) is 35.0 Å². The molecule has 0 aliphatic rings. The van der Waals surface area contributed by atoms with Crippen LogP contribution < -0.4 is 5.32 Å². The molecular weight excluding hydrogens is 244 g/mol. The molecule has 0 unspecified atom stereocenters. The molecule has 0 radical (unpaired) electrons. The Balaban J connectivity index is 2.65. The van der Waals surface area contributed by atoms with Crippen molar-refractivity contribution in [2.75, 3.05) is 18.4 Å². The van der Waals surface area contributed by atoms with Gasteiger partial charge in [-0.25, -0.2) is 0 Å². The van der Waals surface area contributed by atoms with E-state index in [1.54, 1.807) is 23.1 Å². The summed E-state index contributed by atoms with van der Waals surface area (Å²) in [5.74, 6) is -0.983. The van der Waals surface area contributed by atoms with E-state index in [0.29, 0.717) is 13.1 Å². The molecule has 1 aromatic rings. The SMILES string of the molecule is C=CCN(CC(=O)O)Cc1ccc(NC(C)=O)cc1. The Bertz CT molecular complexity index is 454. The van der Waals surface area contributed by atoms with Gasteiger partial charge in [0.05, 0.1) is 6.54 Å². The summed E-state index contributed by atoms with van der Waals surface area (Å²) in [5.41, 5.74) is 1.71. The van der Waals surface area contributed by atoms with E-state index >= 15 is 0 Å². The van der Waals surface area contributed by atoms with Crippen molar-refractivity contribution in [3.63, 3.8) is 0 Å². The minimum atomic E-state index is -0.864. The van der Waals surface area contributed by atoms with Crippen LogP contribution in [-0.2, 0) is 16.1 Å². The van der Waals surface area contributed by atoms with Gasteiger partial charge in [-0.05, 0) is 17.7 Å². The average Bonchev–Trinajstić information content (AvgIpc) is 2.30. The number of carbonyl (C=O) groups is 2. The van der Waals surface area contributed by atoms with E-state index < -0.39 is 5.97 Å². The molecule has 102 valence electrons. The van der Waals surface area contributed by atoms with Crippen molar-refractivity contribution in [1.82, 2.24) is 4.90 Å².